The Morgan fingerprint density at radius 1 is 1.27 bits per heavy atom. The Morgan fingerprint density at radius 3 is 2.81 bits per heavy atom. The first-order chi connectivity index (χ1) is 12.6. The Bertz CT molecular complexity index is 779. The quantitative estimate of drug-likeness (QED) is 0.846. The molecule has 1 aliphatic heterocycles. The second-order valence-electron chi connectivity index (χ2n) is 7.96. The molecule has 26 heavy (non-hydrogen) atoms. The molecular weight excluding hydrogens is 326 g/mol. The number of rotatable bonds is 4. The van der Waals surface area contributed by atoms with Gasteiger partial charge in [0.05, 0.1) is 5.52 Å². The summed E-state index contributed by atoms with van der Waals surface area (Å²) in [4.78, 5) is 17.9. The van der Waals surface area contributed by atoms with E-state index in [1.165, 1.54) is 19.3 Å². The monoisotopic (exact) mass is 355 g/mol. The molecule has 1 atom stereocenters. The maximum Gasteiger partial charge on any atom is 0.244 e. The Balaban J connectivity index is 1.58. The molecule has 1 spiro atoms. The summed E-state index contributed by atoms with van der Waals surface area (Å²) in [5.74, 6) is 0.189. The summed E-state index contributed by atoms with van der Waals surface area (Å²) in [5.41, 5.74) is 1.83. The van der Waals surface area contributed by atoms with E-state index in [1.807, 2.05) is 24.3 Å². The van der Waals surface area contributed by atoms with Crippen LogP contribution in [-0.2, 0) is 11.3 Å². The van der Waals surface area contributed by atoms with E-state index in [4.69, 9.17) is 0 Å². The minimum atomic E-state index is 0.0554. The van der Waals surface area contributed by atoms with Gasteiger partial charge in [-0.1, -0.05) is 43.5 Å². The molecule has 1 aliphatic carbocycles. The molecule has 2 aromatic rings. The normalized spacial score (nSPS) is 22.6. The number of hydrogen-bond donors (Lipinski definition) is 0. The highest BCUT2D eigenvalue weighted by molar-refractivity contribution is 5.80. The van der Waals surface area contributed by atoms with Crippen molar-refractivity contribution >= 4 is 16.9 Å². The molecule has 0 unspecified atom stereocenters. The van der Waals surface area contributed by atoms with Gasteiger partial charge in [-0.3, -0.25) is 4.79 Å². The van der Waals surface area contributed by atoms with Crippen molar-refractivity contribution in [2.24, 2.45) is 0 Å². The van der Waals surface area contributed by atoms with Gasteiger partial charge in [-0.2, -0.15) is 0 Å². The standard InChI is InChI=1S/C20H29N5O/c1-3-23(2)16-13-20(11-7-4-8-12-20)24(14-16)19(26)15-25-18-10-6-5-9-17(18)21-22-25/h5-6,9-10,16H,3-4,7-8,11-15H2,1-2H3/t16-/m0/s1. The van der Waals surface area contributed by atoms with Crippen molar-refractivity contribution in [2.45, 2.75) is 63.6 Å². The number of hydrogen-bond acceptors (Lipinski definition) is 4. The lowest BCUT2D eigenvalue weighted by atomic mass is 9.79. The van der Waals surface area contributed by atoms with Crippen LogP contribution in [0, 0.1) is 0 Å². The molecule has 6 heteroatoms. The molecule has 1 aromatic heterocycles. The lowest BCUT2D eigenvalue weighted by molar-refractivity contribution is -0.137. The number of aromatic nitrogens is 3. The minimum Gasteiger partial charge on any atom is -0.334 e. The molecule has 1 saturated heterocycles. The topological polar surface area (TPSA) is 54.3 Å². The van der Waals surface area contributed by atoms with Crippen LogP contribution in [0.25, 0.3) is 11.0 Å². The number of para-hydroxylation sites is 1. The fourth-order valence-corrected chi connectivity index (χ4v) is 4.87. The number of carbonyl (C=O) groups excluding carboxylic acids is 1. The maximum atomic E-state index is 13.3. The molecule has 1 amide bonds. The van der Waals surface area contributed by atoms with Crippen LogP contribution in [0.5, 0.6) is 0 Å². The van der Waals surface area contributed by atoms with E-state index in [9.17, 15) is 4.79 Å². The zero-order chi connectivity index (χ0) is 18.1. The molecular formula is C20H29N5O. The van der Waals surface area contributed by atoms with Crippen LogP contribution < -0.4 is 0 Å². The van der Waals surface area contributed by atoms with E-state index in [0.717, 1.165) is 43.4 Å². The van der Waals surface area contributed by atoms with E-state index in [1.54, 1.807) is 4.68 Å². The zero-order valence-electron chi connectivity index (χ0n) is 15.9. The largest absolute Gasteiger partial charge is 0.334 e. The molecule has 0 N–H and O–H groups in total. The fraction of sp³-hybridized carbons (Fsp3) is 0.650. The van der Waals surface area contributed by atoms with Gasteiger partial charge >= 0.3 is 0 Å². The molecule has 2 fully saturated rings. The summed E-state index contributed by atoms with van der Waals surface area (Å²) in [6, 6.07) is 8.31. The predicted molar refractivity (Wildman–Crippen MR) is 102 cm³/mol. The molecule has 140 valence electrons. The molecule has 4 rings (SSSR count). The first kappa shape index (κ1) is 17.5. The highest BCUT2D eigenvalue weighted by atomic mass is 16.2. The smallest absolute Gasteiger partial charge is 0.244 e. The minimum absolute atomic E-state index is 0.0554. The molecule has 6 nitrogen and oxygen atoms in total. The highest BCUT2D eigenvalue weighted by Gasteiger charge is 2.48. The van der Waals surface area contributed by atoms with E-state index >= 15 is 0 Å². The Labute approximate surface area is 155 Å². The van der Waals surface area contributed by atoms with Gasteiger partial charge in [0.1, 0.15) is 12.1 Å². The number of carbonyl (C=O) groups is 1. The Morgan fingerprint density at radius 2 is 2.04 bits per heavy atom. The van der Waals surface area contributed by atoms with Gasteiger partial charge in [-0.15, -0.1) is 5.10 Å². The average Bonchev–Trinajstić information content (AvgIpc) is 3.24. The van der Waals surface area contributed by atoms with Gasteiger partial charge in [0.25, 0.3) is 0 Å². The fourth-order valence-electron chi connectivity index (χ4n) is 4.87. The summed E-state index contributed by atoms with van der Waals surface area (Å²) in [6.07, 6.45) is 7.17. The third-order valence-corrected chi connectivity index (χ3v) is 6.49. The molecule has 0 radical (unpaired) electrons. The third kappa shape index (κ3) is 3.00. The number of likely N-dealkylation sites (N-methyl/N-ethyl adjacent to an activating group) is 1. The summed E-state index contributed by atoms with van der Waals surface area (Å²) in [5, 5.41) is 8.41. The van der Waals surface area contributed by atoms with Crippen molar-refractivity contribution in [2.75, 3.05) is 20.1 Å². The van der Waals surface area contributed by atoms with Gasteiger partial charge < -0.3 is 9.80 Å². The van der Waals surface area contributed by atoms with Crippen LogP contribution in [0.2, 0.25) is 0 Å². The van der Waals surface area contributed by atoms with E-state index in [0.29, 0.717) is 6.04 Å². The molecule has 1 saturated carbocycles. The van der Waals surface area contributed by atoms with Crippen LogP contribution >= 0.6 is 0 Å². The van der Waals surface area contributed by atoms with Crippen LogP contribution in [-0.4, -0.2) is 62.4 Å². The highest BCUT2D eigenvalue weighted by Crippen LogP contribution is 2.43. The van der Waals surface area contributed by atoms with Crippen LogP contribution in [0.4, 0.5) is 0 Å². The lowest BCUT2D eigenvalue weighted by Gasteiger charge is -2.41. The van der Waals surface area contributed by atoms with Crippen LogP contribution in [0.3, 0.4) is 0 Å². The number of amides is 1. The van der Waals surface area contributed by atoms with Gasteiger partial charge in [-0.05, 0) is 45.0 Å². The third-order valence-electron chi connectivity index (χ3n) is 6.49. The molecule has 2 aliphatic rings. The zero-order valence-corrected chi connectivity index (χ0v) is 15.9. The Hall–Kier alpha value is -1.95. The number of fused-ring (bicyclic) bond motifs is 1. The maximum absolute atomic E-state index is 13.3. The summed E-state index contributed by atoms with van der Waals surface area (Å²) in [7, 11) is 2.18. The number of likely N-dealkylation sites (tertiary alicyclic amines) is 1. The summed E-state index contributed by atoms with van der Waals surface area (Å²) in [6.45, 7) is 4.34. The van der Waals surface area contributed by atoms with Gasteiger partial charge in [-0.25, -0.2) is 4.68 Å². The van der Waals surface area contributed by atoms with Crippen molar-refractivity contribution in [3.63, 3.8) is 0 Å². The first-order valence-electron chi connectivity index (χ1n) is 9.92. The number of nitrogens with zero attached hydrogens (tertiary/aromatic N) is 5. The van der Waals surface area contributed by atoms with Crippen molar-refractivity contribution in [1.82, 2.24) is 24.8 Å². The van der Waals surface area contributed by atoms with Gasteiger partial charge in [0.15, 0.2) is 0 Å². The van der Waals surface area contributed by atoms with Crippen LogP contribution in [0.15, 0.2) is 24.3 Å². The van der Waals surface area contributed by atoms with E-state index in [2.05, 4.69) is 34.1 Å². The predicted octanol–water partition coefficient (Wildman–Crippen LogP) is 2.69. The van der Waals surface area contributed by atoms with Crippen LogP contribution in [0.1, 0.15) is 45.4 Å². The summed E-state index contributed by atoms with van der Waals surface area (Å²) < 4.78 is 1.76. The van der Waals surface area contributed by atoms with Crippen molar-refractivity contribution in [3.05, 3.63) is 24.3 Å². The van der Waals surface area contributed by atoms with Crippen molar-refractivity contribution in [3.8, 4) is 0 Å². The van der Waals surface area contributed by atoms with Gasteiger partial charge in [0.2, 0.25) is 5.91 Å². The van der Waals surface area contributed by atoms with E-state index in [-0.39, 0.29) is 18.0 Å². The SMILES string of the molecule is CCN(C)[C@@H]1CN(C(=O)Cn2nnc3ccccc32)C2(CCCCC2)C1. The number of benzene rings is 1. The van der Waals surface area contributed by atoms with Gasteiger partial charge in [0, 0.05) is 18.1 Å². The molecule has 1 aromatic carbocycles. The molecule has 0 bridgehead atoms. The van der Waals surface area contributed by atoms with Crippen molar-refractivity contribution in [1.29, 1.82) is 0 Å². The lowest BCUT2D eigenvalue weighted by Crippen LogP contribution is -2.49. The second kappa shape index (κ2) is 6.99. The Kier molecular flexibility index (Phi) is 4.69. The summed E-state index contributed by atoms with van der Waals surface area (Å²) >= 11 is 0. The first-order valence-corrected chi connectivity index (χ1v) is 9.92. The van der Waals surface area contributed by atoms with E-state index < -0.39 is 0 Å². The molecule has 2 heterocycles. The second-order valence-corrected chi connectivity index (χ2v) is 7.96. The van der Waals surface area contributed by atoms with Crippen molar-refractivity contribution < 1.29 is 4.79 Å². The average molecular weight is 355 g/mol.